The van der Waals surface area contributed by atoms with Gasteiger partial charge in [0.25, 0.3) is 5.79 Å². The van der Waals surface area contributed by atoms with Crippen molar-refractivity contribution in [2.75, 3.05) is 46.2 Å². The third-order valence-electron chi connectivity index (χ3n) is 12.7. The zero-order chi connectivity index (χ0) is 53.5. The minimum atomic E-state index is -3.18. The Hall–Kier alpha value is -2.67. The fourth-order valence-corrected chi connectivity index (χ4v) is 8.69. The van der Waals surface area contributed by atoms with Gasteiger partial charge in [-0.1, -0.05) is 0 Å². The lowest BCUT2D eigenvalue weighted by Crippen LogP contribution is -2.70. The summed E-state index contributed by atoms with van der Waals surface area (Å²) in [6.45, 7) is -5.35. The number of aliphatic carboxylic acids is 1. The molecule has 0 aromatic carbocycles. The third-order valence-corrected chi connectivity index (χ3v) is 12.7. The molecule has 418 valence electrons. The van der Waals surface area contributed by atoms with Gasteiger partial charge in [-0.3, -0.25) is 9.59 Å². The molecule has 5 aliphatic heterocycles. The number of ether oxygens (including phenoxy) is 10. The molecule has 33 nitrogen and oxygen atoms in total. The quantitative estimate of drug-likeness (QED) is 0.0423. The number of aliphatic hydroxyl groups is 17. The smallest absolute Gasteiger partial charge is 0.364 e. The largest absolute Gasteiger partial charge is 0.477 e. The van der Waals surface area contributed by atoms with Gasteiger partial charge in [-0.05, 0) is 0 Å². The van der Waals surface area contributed by atoms with Crippen LogP contribution in [0.3, 0.4) is 0 Å². The first-order valence-electron chi connectivity index (χ1n) is 22.5. The Morgan fingerprint density at radius 2 is 1.12 bits per heavy atom. The fourth-order valence-electron chi connectivity index (χ4n) is 8.69. The van der Waals surface area contributed by atoms with Crippen LogP contribution in [0.1, 0.15) is 13.3 Å². The van der Waals surface area contributed by atoms with Crippen LogP contribution >= 0.6 is 0 Å². The predicted octanol–water partition coefficient (Wildman–Crippen LogP) is -13.4. The van der Waals surface area contributed by atoms with E-state index in [-0.39, 0.29) is 6.41 Å². The van der Waals surface area contributed by atoms with Crippen LogP contribution < -0.4 is 10.6 Å². The second-order valence-corrected chi connectivity index (χ2v) is 17.6. The van der Waals surface area contributed by atoms with Gasteiger partial charge in [0.15, 0.2) is 25.2 Å². The molecule has 72 heavy (non-hydrogen) atoms. The molecule has 20 N–H and O–H groups in total. The lowest BCUT2D eigenvalue weighted by Gasteiger charge is -2.51. The van der Waals surface area contributed by atoms with E-state index in [1.54, 1.807) is 0 Å². The van der Waals surface area contributed by atoms with E-state index in [2.05, 4.69) is 10.6 Å². The van der Waals surface area contributed by atoms with E-state index >= 15 is 0 Å². The molecule has 2 amide bonds. The Labute approximate surface area is 407 Å². The molecule has 0 radical (unpaired) electrons. The van der Waals surface area contributed by atoms with Crippen molar-refractivity contribution in [3.05, 3.63) is 0 Å². The summed E-state index contributed by atoms with van der Waals surface area (Å²) in [5.41, 5.74) is 0. The number of aliphatic hydroxyl groups excluding tert-OH is 17. The Morgan fingerprint density at radius 1 is 0.625 bits per heavy atom. The fraction of sp³-hybridized carbons (Fsp3) is 0.923. The van der Waals surface area contributed by atoms with Gasteiger partial charge in [-0.15, -0.1) is 0 Å². The molecule has 0 aromatic heterocycles. The zero-order valence-corrected chi connectivity index (χ0v) is 38.1. The molecule has 0 spiro atoms. The highest BCUT2D eigenvalue weighted by Gasteiger charge is 2.61. The van der Waals surface area contributed by atoms with Gasteiger partial charge in [0, 0.05) is 13.3 Å². The van der Waals surface area contributed by atoms with Crippen molar-refractivity contribution < 1.29 is 154 Å². The molecular weight excluding hydrogens is 992 g/mol. The summed E-state index contributed by atoms with van der Waals surface area (Å²) >= 11 is 0. The van der Waals surface area contributed by atoms with Crippen molar-refractivity contribution in [1.82, 2.24) is 10.6 Å². The average molecular weight is 1060 g/mol. The monoisotopic (exact) mass is 1060 g/mol. The number of nitrogens with one attached hydrogen (secondary N) is 2. The predicted molar refractivity (Wildman–Crippen MR) is 219 cm³/mol. The van der Waals surface area contributed by atoms with Crippen LogP contribution in [0.5, 0.6) is 0 Å². The maximum Gasteiger partial charge on any atom is 0.364 e. The van der Waals surface area contributed by atoms with Gasteiger partial charge >= 0.3 is 5.97 Å². The summed E-state index contributed by atoms with van der Waals surface area (Å²) in [4.78, 5) is 36.1. The Morgan fingerprint density at radius 3 is 1.62 bits per heavy atom. The Balaban J connectivity index is 1.36. The van der Waals surface area contributed by atoms with Crippen LogP contribution in [-0.4, -0.2) is 322 Å². The first-order valence-corrected chi connectivity index (χ1v) is 22.5. The van der Waals surface area contributed by atoms with Crippen LogP contribution in [0.2, 0.25) is 0 Å². The van der Waals surface area contributed by atoms with Crippen molar-refractivity contribution in [3.8, 4) is 0 Å². The molecule has 5 saturated heterocycles. The topological polar surface area (TPSA) is 532 Å². The number of carboxylic acid groups (broad SMARTS) is 1. The lowest BCUT2D eigenvalue weighted by atomic mass is 9.90. The molecule has 5 heterocycles. The standard InChI is InChI=1S/C39H66N2O31/c1-11(49)41-19-24(56)29(68-37-28(60)33(23(55)16(6-45)65-37)72-39(38(61)62)2-13(50)20(52)32(71-39)21(53)14(51)4-43)17(7-46)66-34(19)70-31-22(54)15(5-44)64-36(27(31)59)69-30-18(8-47)67-35(26(58)25(30)57)63-9-12(3-42)40-10-48/h10,12-37,42-47,50-60H,2-9H2,1H3,(H,40,48)(H,41,49)(H,61,62)/t12-,13+,14-,15-,16-,17-,18-,19-,20-,21-,22+,23+,24-,25-,26-,27-,28-,29-,30-,31+,32-,33+,34+,35-,36+,37+,39+/m1/s1. The summed E-state index contributed by atoms with van der Waals surface area (Å²) in [5.74, 6) is -6.15. The second kappa shape index (κ2) is 26.4. The zero-order valence-electron chi connectivity index (χ0n) is 38.1. The number of carbonyl (C=O) groups is 3. The highest BCUT2D eigenvalue weighted by atomic mass is 16.8. The minimum absolute atomic E-state index is 0.271. The van der Waals surface area contributed by atoms with Gasteiger partial charge in [0.1, 0.15) is 122 Å². The number of amides is 2. The molecule has 0 saturated carbocycles. The van der Waals surface area contributed by atoms with Crippen molar-refractivity contribution in [2.45, 2.75) is 178 Å². The molecule has 0 aliphatic carbocycles. The first kappa shape index (κ1) is 60.2. The van der Waals surface area contributed by atoms with Crippen molar-refractivity contribution in [1.29, 1.82) is 0 Å². The van der Waals surface area contributed by atoms with E-state index in [9.17, 15) is 106 Å². The maximum atomic E-state index is 12.8. The molecule has 5 aliphatic rings. The SMILES string of the molecule is CC(=O)N[C@H]1[C@H](O[C@H]2[C@@H](O)[C@@H](CO)O[C@@H](O[C@H]3[C@H](O)[C@@H](O)[C@H](OC[C@@H](CO)NC=O)O[C@@H]3CO)[C@@H]2O)O[C@H](CO)[C@@H](O[C@@H]2O[C@H](CO)[C@H](O)[C@H](O[C@]3(C(=O)O)C[C@H](O)[C@@H](O)[C@H]([C@H](O)[C@H](O)CO)O3)[C@H]2O)[C@@H]1O. The number of rotatable bonds is 23. The first-order chi connectivity index (χ1) is 34.1. The molecule has 5 rings (SSSR count). The number of hydrogen-bond acceptors (Lipinski definition) is 30. The maximum absolute atomic E-state index is 12.8. The Bertz CT molecular complexity index is 1710. The molecular formula is C39H66N2O31. The van der Waals surface area contributed by atoms with Crippen LogP contribution in [-0.2, 0) is 61.8 Å². The number of carbonyl (C=O) groups excluding carboxylic acids is 2. The number of carboxylic acids is 1. The third kappa shape index (κ3) is 13.1. The van der Waals surface area contributed by atoms with Crippen molar-refractivity contribution in [2.24, 2.45) is 0 Å². The van der Waals surface area contributed by atoms with Gasteiger partial charge in [-0.25, -0.2) is 4.79 Å². The lowest BCUT2D eigenvalue weighted by molar-refractivity contribution is -0.393. The van der Waals surface area contributed by atoms with E-state index in [0.717, 1.165) is 6.92 Å². The van der Waals surface area contributed by atoms with E-state index in [1.807, 2.05) is 0 Å². The van der Waals surface area contributed by atoms with Crippen LogP contribution in [0.4, 0.5) is 0 Å². The van der Waals surface area contributed by atoms with E-state index < -0.39 is 230 Å². The minimum Gasteiger partial charge on any atom is -0.477 e. The summed E-state index contributed by atoms with van der Waals surface area (Å²) in [7, 11) is 0. The summed E-state index contributed by atoms with van der Waals surface area (Å²) in [5, 5.41) is 195. The van der Waals surface area contributed by atoms with Crippen molar-refractivity contribution in [3.63, 3.8) is 0 Å². The highest BCUT2D eigenvalue weighted by molar-refractivity contribution is 5.76. The van der Waals surface area contributed by atoms with E-state index in [4.69, 9.17) is 47.4 Å². The van der Waals surface area contributed by atoms with Crippen molar-refractivity contribution >= 4 is 18.3 Å². The van der Waals surface area contributed by atoms with Crippen LogP contribution in [0.15, 0.2) is 0 Å². The molecule has 0 unspecified atom stereocenters. The highest BCUT2D eigenvalue weighted by Crippen LogP contribution is 2.39. The molecule has 0 bridgehead atoms. The van der Waals surface area contributed by atoms with Crippen LogP contribution in [0.25, 0.3) is 0 Å². The Kier molecular flexibility index (Phi) is 22.1. The van der Waals surface area contributed by atoms with E-state index in [1.165, 1.54) is 0 Å². The van der Waals surface area contributed by atoms with Gasteiger partial charge < -0.3 is 150 Å². The van der Waals surface area contributed by atoms with Gasteiger partial charge in [0.2, 0.25) is 12.3 Å². The number of hydrogen-bond donors (Lipinski definition) is 20. The second-order valence-electron chi connectivity index (χ2n) is 17.6. The molecule has 0 aromatic rings. The van der Waals surface area contributed by atoms with Crippen LogP contribution in [0, 0.1) is 0 Å². The summed E-state index contributed by atoms with van der Waals surface area (Å²) in [6.07, 6.45) is -49.3. The van der Waals surface area contributed by atoms with E-state index in [0.29, 0.717) is 0 Å². The molecule has 27 atom stereocenters. The molecule has 5 fully saturated rings. The summed E-state index contributed by atoms with van der Waals surface area (Å²) in [6, 6.07) is -2.81. The average Bonchev–Trinajstić information content (AvgIpc) is 3.35. The van der Waals surface area contributed by atoms with Gasteiger partial charge in [-0.2, -0.15) is 0 Å². The summed E-state index contributed by atoms with van der Waals surface area (Å²) < 4.78 is 56.3. The normalized spacial score (nSPS) is 45.1. The van der Waals surface area contributed by atoms with Gasteiger partial charge in [0.05, 0.1) is 58.4 Å². The molecule has 33 heteroatoms.